The minimum absolute atomic E-state index is 0.263. The summed E-state index contributed by atoms with van der Waals surface area (Å²) in [5.74, 6) is -0.339. The Balaban J connectivity index is 2.50. The topological polar surface area (TPSA) is 54.0 Å². The lowest BCUT2D eigenvalue weighted by molar-refractivity contribution is -0.303. The number of hydrogen-bond acceptors (Lipinski definition) is 5. The van der Waals surface area contributed by atoms with E-state index in [9.17, 15) is 4.79 Å². The molecule has 0 saturated heterocycles. The quantitative estimate of drug-likeness (QED) is 0.271. The smallest absolute Gasteiger partial charge is 0.338 e. The number of hydrogen-bond donors (Lipinski definition) is 0. The lowest BCUT2D eigenvalue weighted by atomic mass is 10.0. The normalized spacial score (nSPS) is 10.7. The largest absolute Gasteiger partial charge is 0.460 e. The minimum atomic E-state index is -0.339. The molecule has 0 aliphatic carbocycles. The van der Waals surface area contributed by atoms with Crippen LogP contribution in [0.1, 0.15) is 48.2 Å². The van der Waals surface area contributed by atoms with Gasteiger partial charge in [-0.25, -0.2) is 14.6 Å². The fourth-order valence-electron chi connectivity index (χ4n) is 1.83. The molecule has 0 saturated carbocycles. The van der Waals surface area contributed by atoms with Crippen molar-refractivity contribution in [2.45, 2.75) is 40.2 Å². The van der Waals surface area contributed by atoms with Crippen molar-refractivity contribution in [2.75, 3.05) is 26.4 Å². The van der Waals surface area contributed by atoms with Crippen LogP contribution in [0, 0.1) is 6.92 Å². The number of carbonyl (C=O) groups is 1. The molecule has 0 N–H and O–H groups in total. The Labute approximate surface area is 132 Å². The fourth-order valence-corrected chi connectivity index (χ4v) is 1.83. The summed E-state index contributed by atoms with van der Waals surface area (Å²) in [6.07, 6.45) is 1.85. The molecule has 0 aliphatic heterocycles. The molecule has 0 fully saturated rings. The summed E-state index contributed by atoms with van der Waals surface area (Å²) in [5, 5.41) is 0. The molecule has 124 valence electrons. The van der Waals surface area contributed by atoms with Crippen molar-refractivity contribution in [3.05, 3.63) is 34.9 Å². The summed E-state index contributed by atoms with van der Waals surface area (Å²) >= 11 is 0. The van der Waals surface area contributed by atoms with Crippen molar-refractivity contribution in [1.29, 1.82) is 0 Å². The highest BCUT2D eigenvalue weighted by molar-refractivity contribution is 5.91. The second kappa shape index (κ2) is 11.2. The molecule has 1 aromatic carbocycles. The van der Waals surface area contributed by atoms with Gasteiger partial charge in [0, 0.05) is 6.61 Å². The van der Waals surface area contributed by atoms with Crippen molar-refractivity contribution in [3.63, 3.8) is 0 Å². The Hall–Kier alpha value is -1.43. The summed E-state index contributed by atoms with van der Waals surface area (Å²) < 4.78 is 10.5. The van der Waals surface area contributed by atoms with E-state index in [1.165, 1.54) is 0 Å². The lowest BCUT2D eigenvalue weighted by Gasteiger charge is -2.11. The second-order valence-corrected chi connectivity index (χ2v) is 4.92. The van der Waals surface area contributed by atoms with Gasteiger partial charge in [-0.1, -0.05) is 26.0 Å². The lowest BCUT2D eigenvalue weighted by Crippen LogP contribution is -2.13. The van der Waals surface area contributed by atoms with Crippen molar-refractivity contribution in [2.24, 2.45) is 0 Å². The van der Waals surface area contributed by atoms with Crippen molar-refractivity contribution in [3.8, 4) is 0 Å². The maximum absolute atomic E-state index is 12.1. The van der Waals surface area contributed by atoms with Gasteiger partial charge in [-0.15, -0.1) is 0 Å². The van der Waals surface area contributed by atoms with Gasteiger partial charge in [0.1, 0.15) is 13.2 Å². The SMILES string of the molecule is CCCOCCOC(=O)c1cccc(COOCCC)c1C. The maximum Gasteiger partial charge on any atom is 0.338 e. The third-order valence-electron chi connectivity index (χ3n) is 3.06. The van der Waals surface area contributed by atoms with E-state index in [4.69, 9.17) is 19.2 Å². The Bertz CT molecular complexity index is 445. The molecule has 5 heteroatoms. The standard InChI is InChI=1S/C17H26O5/c1-4-9-19-11-12-20-17(18)16-8-6-7-15(14(16)3)13-22-21-10-5-2/h6-8H,4-5,9-13H2,1-3H3. The molecule has 0 radical (unpaired) electrons. The zero-order valence-electron chi connectivity index (χ0n) is 13.7. The Morgan fingerprint density at radius 1 is 1.00 bits per heavy atom. The van der Waals surface area contributed by atoms with Gasteiger partial charge < -0.3 is 9.47 Å². The monoisotopic (exact) mass is 310 g/mol. The second-order valence-electron chi connectivity index (χ2n) is 4.92. The van der Waals surface area contributed by atoms with Crippen LogP contribution in [0.4, 0.5) is 0 Å². The predicted octanol–water partition coefficient (Wildman–Crippen LogP) is 3.44. The van der Waals surface area contributed by atoms with Crippen LogP contribution in [-0.2, 0) is 25.9 Å². The Morgan fingerprint density at radius 2 is 1.77 bits per heavy atom. The van der Waals surface area contributed by atoms with Gasteiger partial charge in [0.2, 0.25) is 0 Å². The van der Waals surface area contributed by atoms with Gasteiger partial charge in [-0.05, 0) is 37.0 Å². The number of esters is 1. The van der Waals surface area contributed by atoms with Crippen LogP contribution in [0.2, 0.25) is 0 Å². The van der Waals surface area contributed by atoms with Gasteiger partial charge in [0.05, 0.1) is 18.8 Å². The van der Waals surface area contributed by atoms with E-state index in [1.54, 1.807) is 6.07 Å². The summed E-state index contributed by atoms with van der Waals surface area (Å²) in [6, 6.07) is 5.47. The molecule has 5 nitrogen and oxygen atoms in total. The molecule has 1 aromatic rings. The summed E-state index contributed by atoms with van der Waals surface area (Å²) in [4.78, 5) is 22.2. The molecule has 0 aromatic heterocycles. The van der Waals surface area contributed by atoms with Crippen molar-refractivity contribution >= 4 is 5.97 Å². The third-order valence-corrected chi connectivity index (χ3v) is 3.06. The first-order valence-electron chi connectivity index (χ1n) is 7.78. The van der Waals surface area contributed by atoms with Crippen LogP contribution in [0.5, 0.6) is 0 Å². The van der Waals surface area contributed by atoms with Crippen molar-refractivity contribution < 1.29 is 24.0 Å². The first-order chi connectivity index (χ1) is 10.7. The number of rotatable bonds is 11. The molecule has 0 heterocycles. The van der Waals surface area contributed by atoms with Gasteiger partial charge in [0.25, 0.3) is 0 Å². The molecule has 0 spiro atoms. The van der Waals surface area contributed by atoms with Crippen LogP contribution in [0.25, 0.3) is 0 Å². The number of benzene rings is 1. The average molecular weight is 310 g/mol. The first-order valence-corrected chi connectivity index (χ1v) is 7.78. The summed E-state index contributed by atoms with van der Waals surface area (Å²) in [6.45, 7) is 8.16. The van der Waals surface area contributed by atoms with Gasteiger partial charge in [0.15, 0.2) is 0 Å². The van der Waals surface area contributed by atoms with Crippen LogP contribution in [0.15, 0.2) is 18.2 Å². The van der Waals surface area contributed by atoms with Gasteiger partial charge in [-0.3, -0.25) is 0 Å². The van der Waals surface area contributed by atoms with E-state index in [-0.39, 0.29) is 12.6 Å². The highest BCUT2D eigenvalue weighted by Gasteiger charge is 2.13. The van der Waals surface area contributed by atoms with E-state index >= 15 is 0 Å². The minimum Gasteiger partial charge on any atom is -0.460 e. The molecular formula is C17H26O5. The van der Waals surface area contributed by atoms with Crippen molar-refractivity contribution in [1.82, 2.24) is 0 Å². The maximum atomic E-state index is 12.1. The highest BCUT2D eigenvalue weighted by atomic mass is 17.2. The fraction of sp³-hybridized carbons (Fsp3) is 0.588. The molecule has 1 rings (SSSR count). The molecule has 0 unspecified atom stereocenters. The van der Waals surface area contributed by atoms with E-state index in [0.29, 0.717) is 32.0 Å². The molecular weight excluding hydrogens is 284 g/mol. The molecule has 0 amide bonds. The summed E-state index contributed by atoms with van der Waals surface area (Å²) in [5.41, 5.74) is 2.31. The van der Waals surface area contributed by atoms with Gasteiger partial charge in [-0.2, -0.15) is 0 Å². The summed E-state index contributed by atoms with van der Waals surface area (Å²) in [7, 11) is 0. The molecule has 0 bridgehead atoms. The van der Waals surface area contributed by atoms with E-state index < -0.39 is 0 Å². The highest BCUT2D eigenvalue weighted by Crippen LogP contribution is 2.16. The molecule has 22 heavy (non-hydrogen) atoms. The number of ether oxygens (including phenoxy) is 2. The van der Waals surface area contributed by atoms with E-state index in [2.05, 4.69) is 0 Å². The zero-order valence-corrected chi connectivity index (χ0v) is 13.7. The van der Waals surface area contributed by atoms with Crippen LogP contribution in [-0.4, -0.2) is 32.4 Å². The van der Waals surface area contributed by atoms with E-state index in [1.807, 2.05) is 32.9 Å². The number of carbonyl (C=O) groups excluding carboxylic acids is 1. The van der Waals surface area contributed by atoms with E-state index in [0.717, 1.165) is 24.0 Å². The van der Waals surface area contributed by atoms with Gasteiger partial charge >= 0.3 is 5.97 Å². The Kier molecular flexibility index (Phi) is 9.46. The molecule has 0 atom stereocenters. The Morgan fingerprint density at radius 3 is 2.50 bits per heavy atom. The third kappa shape index (κ3) is 6.56. The predicted molar refractivity (Wildman–Crippen MR) is 83.6 cm³/mol. The van der Waals surface area contributed by atoms with Crippen LogP contribution in [0.3, 0.4) is 0 Å². The molecule has 0 aliphatic rings. The van der Waals surface area contributed by atoms with Crippen LogP contribution >= 0.6 is 0 Å². The van der Waals surface area contributed by atoms with Crippen LogP contribution < -0.4 is 0 Å². The average Bonchev–Trinajstić information content (AvgIpc) is 2.52. The zero-order chi connectivity index (χ0) is 16.2. The first kappa shape index (κ1) is 18.6.